The lowest BCUT2D eigenvalue weighted by Gasteiger charge is -2.44. The molecule has 9 heteroatoms. The van der Waals surface area contributed by atoms with Gasteiger partial charge < -0.3 is 25.0 Å². The highest BCUT2D eigenvalue weighted by atomic mass is 19.1. The van der Waals surface area contributed by atoms with Gasteiger partial charge >= 0.3 is 0 Å². The van der Waals surface area contributed by atoms with Gasteiger partial charge in [-0.1, -0.05) is 30.4 Å². The van der Waals surface area contributed by atoms with Crippen molar-refractivity contribution in [2.24, 2.45) is 0 Å². The molecule has 0 spiro atoms. The van der Waals surface area contributed by atoms with Crippen LogP contribution in [0.2, 0.25) is 0 Å². The molecule has 2 fully saturated rings. The van der Waals surface area contributed by atoms with E-state index in [1.807, 2.05) is 0 Å². The van der Waals surface area contributed by atoms with Crippen LogP contribution in [0.4, 0.5) is 16.0 Å². The van der Waals surface area contributed by atoms with Gasteiger partial charge in [0.1, 0.15) is 23.8 Å². The number of likely N-dealkylation sites (tertiary alicyclic amines) is 1. The van der Waals surface area contributed by atoms with E-state index in [-0.39, 0.29) is 5.82 Å². The second kappa shape index (κ2) is 11.9. The van der Waals surface area contributed by atoms with Gasteiger partial charge in [-0.3, -0.25) is 4.90 Å². The van der Waals surface area contributed by atoms with E-state index >= 15 is 0 Å². The minimum absolute atomic E-state index is 0.279. The van der Waals surface area contributed by atoms with Gasteiger partial charge in [0.15, 0.2) is 0 Å². The van der Waals surface area contributed by atoms with Gasteiger partial charge in [-0.25, -0.2) is 14.4 Å². The number of rotatable bonds is 6. The molecule has 36 heavy (non-hydrogen) atoms. The molecule has 5 rings (SSSR count). The molecule has 1 atom stereocenters. The van der Waals surface area contributed by atoms with Crippen molar-refractivity contribution in [3.8, 4) is 11.1 Å². The molecule has 192 valence electrons. The summed E-state index contributed by atoms with van der Waals surface area (Å²) in [5.41, 5.74) is 9.15. The summed E-state index contributed by atoms with van der Waals surface area (Å²) in [6.07, 6.45) is 9.34. The Morgan fingerprint density at radius 3 is 2.42 bits per heavy atom. The van der Waals surface area contributed by atoms with Crippen LogP contribution in [0.5, 0.6) is 0 Å². The number of piperazine rings is 1. The van der Waals surface area contributed by atoms with Crippen molar-refractivity contribution in [3.05, 3.63) is 60.2 Å². The molecule has 2 saturated heterocycles. The Bertz CT molecular complexity index is 1060. The van der Waals surface area contributed by atoms with Crippen LogP contribution in [0.3, 0.4) is 0 Å². The third-order valence-electron chi connectivity index (χ3n) is 7.14. The number of hydrogen-bond donors (Lipinski definition) is 1. The maximum atomic E-state index is 13.5. The van der Waals surface area contributed by atoms with E-state index in [0.29, 0.717) is 38.3 Å². The zero-order valence-electron chi connectivity index (χ0n) is 20.7. The molecule has 0 bridgehead atoms. The maximum Gasteiger partial charge on any atom is 0.142 e. The number of ether oxygens (including phenoxy) is 2. The first-order chi connectivity index (χ1) is 17.7. The first-order valence-electron chi connectivity index (χ1n) is 12.8. The van der Waals surface area contributed by atoms with E-state index in [1.165, 1.54) is 30.5 Å². The van der Waals surface area contributed by atoms with E-state index in [9.17, 15) is 4.39 Å². The van der Waals surface area contributed by atoms with E-state index in [0.717, 1.165) is 62.8 Å². The van der Waals surface area contributed by atoms with Crippen molar-refractivity contribution in [2.75, 3.05) is 82.9 Å². The van der Waals surface area contributed by atoms with Crippen molar-refractivity contribution in [3.63, 3.8) is 0 Å². The molecule has 3 aliphatic heterocycles. The molecular formula is C27H35FN6O2. The Hall–Kier alpha value is -2.85. The highest BCUT2D eigenvalue weighted by Crippen LogP contribution is 2.34. The molecule has 0 unspecified atom stereocenters. The monoisotopic (exact) mass is 494 g/mol. The SMILES string of the molecule is Nc1ncnc(N2CCN([C@@H](CN3CCC3)C3=CCOCCOCC=C3)CC2)c1-c1ccc(F)cc1. The summed E-state index contributed by atoms with van der Waals surface area (Å²) in [7, 11) is 0. The molecule has 0 aliphatic carbocycles. The summed E-state index contributed by atoms with van der Waals surface area (Å²) in [6.45, 7) is 9.21. The van der Waals surface area contributed by atoms with Crippen molar-refractivity contribution in [1.82, 2.24) is 19.8 Å². The topological polar surface area (TPSA) is 80.0 Å². The van der Waals surface area contributed by atoms with E-state index in [1.54, 1.807) is 12.1 Å². The van der Waals surface area contributed by atoms with Crippen molar-refractivity contribution in [2.45, 2.75) is 12.5 Å². The first kappa shape index (κ1) is 24.8. The molecule has 0 radical (unpaired) electrons. The molecule has 3 aliphatic rings. The van der Waals surface area contributed by atoms with E-state index in [4.69, 9.17) is 15.2 Å². The average Bonchev–Trinajstić information content (AvgIpc) is 2.88. The second-order valence-electron chi connectivity index (χ2n) is 9.41. The number of nitrogens with two attached hydrogens (primary N) is 1. The molecule has 1 aromatic heterocycles. The Balaban J connectivity index is 1.34. The fourth-order valence-corrected chi connectivity index (χ4v) is 5.02. The number of aromatic nitrogens is 2. The van der Waals surface area contributed by atoms with E-state index < -0.39 is 0 Å². The van der Waals surface area contributed by atoms with Crippen LogP contribution in [0.25, 0.3) is 11.1 Å². The zero-order valence-corrected chi connectivity index (χ0v) is 20.7. The van der Waals surface area contributed by atoms with Crippen molar-refractivity contribution >= 4 is 11.6 Å². The molecule has 1 aromatic carbocycles. The minimum Gasteiger partial charge on any atom is -0.383 e. The van der Waals surface area contributed by atoms with Gasteiger partial charge in [0, 0.05) is 38.8 Å². The van der Waals surface area contributed by atoms with Crippen LogP contribution in [0.15, 0.2) is 54.4 Å². The van der Waals surface area contributed by atoms with Crippen LogP contribution >= 0.6 is 0 Å². The zero-order chi connectivity index (χ0) is 24.7. The largest absolute Gasteiger partial charge is 0.383 e. The summed E-state index contributed by atoms with van der Waals surface area (Å²) in [6, 6.07) is 6.64. The van der Waals surface area contributed by atoms with Gasteiger partial charge in [-0.15, -0.1) is 0 Å². The van der Waals surface area contributed by atoms with Crippen LogP contribution in [0.1, 0.15) is 6.42 Å². The number of hydrogen-bond acceptors (Lipinski definition) is 8. The van der Waals surface area contributed by atoms with Crippen LogP contribution in [-0.2, 0) is 9.47 Å². The van der Waals surface area contributed by atoms with Gasteiger partial charge in [-0.2, -0.15) is 0 Å². The lowest BCUT2D eigenvalue weighted by atomic mass is 10.0. The summed E-state index contributed by atoms with van der Waals surface area (Å²) >= 11 is 0. The standard InChI is InChI=1S/C27H35FN6O2/c28-23-6-4-22(5-7-23)25-26(29)30-20-31-27(25)34-13-11-33(12-14-34)24(19-32-9-2-10-32)21-3-1-15-35-17-18-36-16-8-21/h1,3-8,20,24H,2,9-19H2,(H2,29,30,31)/t24-/m0/s1. The summed E-state index contributed by atoms with van der Waals surface area (Å²) in [4.78, 5) is 16.2. The van der Waals surface area contributed by atoms with Gasteiger partial charge in [-0.05, 0) is 42.8 Å². The van der Waals surface area contributed by atoms with Crippen LogP contribution < -0.4 is 10.6 Å². The molecule has 2 aromatic rings. The predicted molar refractivity (Wildman–Crippen MR) is 139 cm³/mol. The number of nitrogen functional groups attached to an aromatic ring is 1. The molecule has 0 saturated carbocycles. The summed E-state index contributed by atoms with van der Waals surface area (Å²) in [5.74, 6) is 0.929. The van der Waals surface area contributed by atoms with Crippen molar-refractivity contribution in [1.29, 1.82) is 0 Å². The Morgan fingerprint density at radius 2 is 1.69 bits per heavy atom. The lowest BCUT2D eigenvalue weighted by Crippen LogP contribution is -2.55. The lowest BCUT2D eigenvalue weighted by molar-refractivity contribution is 0.0690. The fourth-order valence-electron chi connectivity index (χ4n) is 5.02. The molecule has 8 nitrogen and oxygen atoms in total. The quantitative estimate of drug-likeness (QED) is 0.657. The number of anilines is 2. The third-order valence-corrected chi connectivity index (χ3v) is 7.14. The maximum absolute atomic E-state index is 13.5. The van der Waals surface area contributed by atoms with Crippen molar-refractivity contribution < 1.29 is 13.9 Å². The van der Waals surface area contributed by atoms with Gasteiger partial charge in [0.05, 0.1) is 32.0 Å². The van der Waals surface area contributed by atoms with E-state index in [2.05, 4.69) is 42.9 Å². The van der Waals surface area contributed by atoms with Crippen LogP contribution in [-0.4, -0.2) is 98.1 Å². The Labute approximate surface area is 212 Å². The minimum atomic E-state index is -0.279. The number of benzene rings is 1. The highest BCUT2D eigenvalue weighted by molar-refractivity contribution is 5.84. The first-order valence-corrected chi connectivity index (χ1v) is 12.8. The predicted octanol–water partition coefficient (Wildman–Crippen LogP) is 2.59. The van der Waals surface area contributed by atoms with Crippen LogP contribution in [0, 0.1) is 5.82 Å². The average molecular weight is 495 g/mol. The molecule has 0 amide bonds. The Kier molecular flexibility index (Phi) is 8.22. The molecular weight excluding hydrogens is 459 g/mol. The Morgan fingerprint density at radius 1 is 0.944 bits per heavy atom. The normalized spacial score (nSPS) is 21.0. The van der Waals surface area contributed by atoms with Gasteiger partial charge in [0.2, 0.25) is 0 Å². The summed E-state index contributed by atoms with van der Waals surface area (Å²) in [5, 5.41) is 0. The molecule has 2 N–H and O–H groups in total. The van der Waals surface area contributed by atoms with Gasteiger partial charge in [0.25, 0.3) is 0 Å². The smallest absolute Gasteiger partial charge is 0.142 e. The highest BCUT2D eigenvalue weighted by Gasteiger charge is 2.30. The second-order valence-corrected chi connectivity index (χ2v) is 9.41. The summed E-state index contributed by atoms with van der Waals surface area (Å²) < 4.78 is 24.9. The number of nitrogens with zero attached hydrogens (tertiary/aromatic N) is 5. The third kappa shape index (κ3) is 5.92. The fraction of sp³-hybridized carbons (Fsp3) is 0.481. The number of halogens is 1. The molecule has 4 heterocycles.